The lowest BCUT2D eigenvalue weighted by Crippen LogP contribution is -2.60. The Hall–Kier alpha value is -1.28. The molecule has 6 unspecified atom stereocenters. The van der Waals surface area contributed by atoms with Gasteiger partial charge in [-0.05, 0) is 12.8 Å². The fraction of sp³-hybridized carbons (Fsp3) is 1.00. The van der Waals surface area contributed by atoms with Crippen molar-refractivity contribution in [3.8, 4) is 0 Å². The summed E-state index contributed by atoms with van der Waals surface area (Å²) in [6.45, 7) is 0. The lowest BCUT2D eigenvalue weighted by Gasteiger charge is -2.46. The molecule has 4 aliphatic rings. The number of nitro groups is 2. The third-order valence-electron chi connectivity index (χ3n) is 5.46. The van der Waals surface area contributed by atoms with Crippen LogP contribution < -0.4 is 0 Å². The van der Waals surface area contributed by atoms with Gasteiger partial charge in [0.15, 0.2) is 5.79 Å². The van der Waals surface area contributed by atoms with Gasteiger partial charge in [0.1, 0.15) is 0 Å². The molecule has 4 aliphatic carbocycles. The molecule has 8 nitrogen and oxygen atoms in total. The first-order valence-electron chi connectivity index (χ1n) is 6.35. The highest BCUT2D eigenvalue weighted by Gasteiger charge is 2.78. The van der Waals surface area contributed by atoms with Crippen molar-refractivity contribution in [2.24, 2.45) is 23.7 Å². The summed E-state index contributed by atoms with van der Waals surface area (Å²) in [5.41, 5.74) is 0. The molecule has 0 radical (unpaired) electrons. The van der Waals surface area contributed by atoms with E-state index in [4.69, 9.17) is 9.47 Å². The topological polar surface area (TPSA) is 105 Å². The average molecular weight is 272 g/mol. The van der Waals surface area contributed by atoms with Gasteiger partial charge in [0.2, 0.25) is 12.1 Å². The van der Waals surface area contributed by atoms with E-state index >= 15 is 0 Å². The SMILES string of the molecule is COC1(OC)C2CC3C(CC1C3[N+](=O)[O-])C2[N+](=O)[O-]. The van der Waals surface area contributed by atoms with Gasteiger partial charge in [0.25, 0.3) is 0 Å². The van der Waals surface area contributed by atoms with Crippen LogP contribution in [0.15, 0.2) is 0 Å². The summed E-state index contributed by atoms with van der Waals surface area (Å²) in [5, 5.41) is 22.6. The van der Waals surface area contributed by atoms with Crippen molar-refractivity contribution in [1.29, 1.82) is 0 Å². The van der Waals surface area contributed by atoms with Gasteiger partial charge >= 0.3 is 0 Å². The van der Waals surface area contributed by atoms with Crippen LogP contribution in [0, 0.1) is 43.9 Å². The Kier molecular flexibility index (Phi) is 2.59. The summed E-state index contributed by atoms with van der Waals surface area (Å²) in [5.74, 6) is -2.37. The number of methoxy groups -OCH3 is 2. The van der Waals surface area contributed by atoms with Gasteiger partial charge in [-0.3, -0.25) is 20.2 Å². The zero-order chi connectivity index (χ0) is 13.9. The Morgan fingerprint density at radius 3 is 1.58 bits per heavy atom. The number of rotatable bonds is 4. The van der Waals surface area contributed by atoms with Crippen molar-refractivity contribution >= 4 is 0 Å². The lowest BCUT2D eigenvalue weighted by atomic mass is 9.71. The molecule has 0 saturated heterocycles. The first-order valence-corrected chi connectivity index (χ1v) is 6.35. The minimum atomic E-state index is -1.18. The molecular weight excluding hydrogens is 256 g/mol. The van der Waals surface area contributed by atoms with Crippen LogP contribution in [-0.2, 0) is 9.47 Å². The van der Waals surface area contributed by atoms with Crippen LogP contribution in [0.5, 0.6) is 0 Å². The predicted octanol–water partition coefficient (Wildman–Crippen LogP) is 0.552. The third kappa shape index (κ3) is 1.30. The van der Waals surface area contributed by atoms with Crippen molar-refractivity contribution in [3.63, 3.8) is 0 Å². The fourth-order valence-electron chi connectivity index (χ4n) is 4.97. The standard InChI is InChI=1S/C11H16N2O6/c1-18-11(19-2)7-3-5-6(10(7)13(16)17)4-8(11)9(5)12(14)15/h5-10H,3-4H2,1-2H3. The molecule has 106 valence electrons. The zero-order valence-electron chi connectivity index (χ0n) is 10.7. The van der Waals surface area contributed by atoms with E-state index in [0.29, 0.717) is 12.8 Å². The molecule has 0 spiro atoms. The van der Waals surface area contributed by atoms with E-state index in [1.165, 1.54) is 14.2 Å². The summed E-state index contributed by atoms with van der Waals surface area (Å²) in [6.07, 6.45) is 0.889. The second-order valence-corrected chi connectivity index (χ2v) is 5.69. The second-order valence-electron chi connectivity index (χ2n) is 5.69. The molecule has 8 heteroatoms. The van der Waals surface area contributed by atoms with Gasteiger partial charge in [-0.25, -0.2) is 0 Å². The van der Waals surface area contributed by atoms with Gasteiger partial charge in [-0.15, -0.1) is 0 Å². The van der Waals surface area contributed by atoms with Crippen molar-refractivity contribution in [1.82, 2.24) is 0 Å². The highest BCUT2D eigenvalue weighted by atomic mass is 16.7. The predicted molar refractivity (Wildman–Crippen MR) is 61.5 cm³/mol. The van der Waals surface area contributed by atoms with Gasteiger partial charge in [-0.2, -0.15) is 0 Å². The van der Waals surface area contributed by atoms with Crippen LogP contribution in [0.1, 0.15) is 12.8 Å². The van der Waals surface area contributed by atoms with E-state index in [-0.39, 0.29) is 33.5 Å². The zero-order valence-corrected chi connectivity index (χ0v) is 10.7. The molecule has 19 heavy (non-hydrogen) atoms. The summed E-state index contributed by atoms with van der Waals surface area (Å²) in [6, 6.07) is -1.57. The molecule has 4 bridgehead atoms. The molecule has 4 rings (SSSR count). The minimum Gasteiger partial charge on any atom is -0.352 e. The monoisotopic (exact) mass is 272 g/mol. The summed E-state index contributed by atoms with van der Waals surface area (Å²) in [7, 11) is 2.84. The van der Waals surface area contributed by atoms with E-state index in [1.807, 2.05) is 0 Å². The van der Waals surface area contributed by atoms with Gasteiger partial charge < -0.3 is 9.47 Å². The quantitative estimate of drug-likeness (QED) is 0.420. The number of ether oxygens (including phenoxy) is 2. The van der Waals surface area contributed by atoms with Gasteiger partial charge in [0.05, 0.1) is 11.8 Å². The van der Waals surface area contributed by atoms with Crippen molar-refractivity contribution in [3.05, 3.63) is 20.2 Å². The summed E-state index contributed by atoms with van der Waals surface area (Å²) in [4.78, 5) is 22.0. The maximum Gasteiger partial charge on any atom is 0.224 e. The number of hydrogen-bond acceptors (Lipinski definition) is 6. The van der Waals surface area contributed by atoms with Crippen LogP contribution in [0.2, 0.25) is 0 Å². The molecule has 0 aromatic heterocycles. The largest absolute Gasteiger partial charge is 0.352 e. The second kappa shape index (κ2) is 3.86. The molecule has 0 aliphatic heterocycles. The maximum absolute atomic E-state index is 11.3. The van der Waals surface area contributed by atoms with Gasteiger partial charge in [-0.1, -0.05) is 0 Å². The van der Waals surface area contributed by atoms with Gasteiger partial charge in [0, 0.05) is 35.9 Å². The van der Waals surface area contributed by atoms with E-state index in [9.17, 15) is 20.2 Å². The van der Waals surface area contributed by atoms with Crippen molar-refractivity contribution in [2.45, 2.75) is 30.7 Å². The fourth-order valence-corrected chi connectivity index (χ4v) is 4.97. The molecule has 4 saturated carbocycles. The van der Waals surface area contributed by atoms with E-state index in [1.54, 1.807) is 0 Å². The van der Waals surface area contributed by atoms with E-state index in [0.717, 1.165) is 0 Å². The summed E-state index contributed by atoms with van der Waals surface area (Å²) < 4.78 is 10.9. The first kappa shape index (κ1) is 12.7. The smallest absolute Gasteiger partial charge is 0.224 e. The lowest BCUT2D eigenvalue weighted by molar-refractivity contribution is -0.564. The van der Waals surface area contributed by atoms with Crippen LogP contribution in [0.3, 0.4) is 0 Å². The molecule has 6 atom stereocenters. The molecule has 0 aromatic rings. The van der Waals surface area contributed by atoms with Crippen molar-refractivity contribution < 1.29 is 19.3 Å². The van der Waals surface area contributed by atoms with Crippen LogP contribution in [0.4, 0.5) is 0 Å². The number of hydrogen-bond donors (Lipinski definition) is 0. The molecule has 0 aromatic carbocycles. The van der Waals surface area contributed by atoms with Crippen LogP contribution in [-0.4, -0.2) is 41.9 Å². The van der Waals surface area contributed by atoms with E-state index in [2.05, 4.69) is 0 Å². The first-order chi connectivity index (χ1) is 8.97. The maximum atomic E-state index is 11.3. The highest BCUT2D eigenvalue weighted by Crippen LogP contribution is 2.64. The highest BCUT2D eigenvalue weighted by molar-refractivity contribution is 5.16. The Morgan fingerprint density at radius 1 is 0.947 bits per heavy atom. The number of nitrogens with zero attached hydrogens (tertiary/aromatic N) is 2. The summed E-state index contributed by atoms with van der Waals surface area (Å²) >= 11 is 0. The Balaban J connectivity index is 2.08. The average Bonchev–Trinajstić information content (AvgIpc) is 2.82. The molecular formula is C11H16N2O6. The minimum absolute atomic E-state index is 0.209. The third-order valence-corrected chi connectivity index (χ3v) is 5.46. The van der Waals surface area contributed by atoms with E-state index < -0.39 is 17.9 Å². The molecule has 4 fully saturated rings. The van der Waals surface area contributed by atoms with Crippen LogP contribution >= 0.6 is 0 Å². The van der Waals surface area contributed by atoms with Crippen molar-refractivity contribution in [2.75, 3.05) is 14.2 Å². The van der Waals surface area contributed by atoms with Crippen LogP contribution in [0.25, 0.3) is 0 Å². The Morgan fingerprint density at radius 2 is 1.32 bits per heavy atom. The molecule has 0 N–H and O–H groups in total. The molecule has 0 heterocycles. The Bertz CT molecular complexity index is 401. The molecule has 0 amide bonds. The normalized spacial score (nSPS) is 45.6. The Labute approximate surface area is 109 Å².